The molecule has 0 saturated carbocycles. The van der Waals surface area contributed by atoms with Gasteiger partial charge in [-0.25, -0.2) is 4.79 Å². The molecule has 0 spiro atoms. The number of aliphatic carboxylic acids is 1. The number of carboxylic acids is 1. The lowest BCUT2D eigenvalue weighted by Gasteiger charge is -2.09. The summed E-state index contributed by atoms with van der Waals surface area (Å²) < 4.78 is 9.99. The van der Waals surface area contributed by atoms with Crippen LogP contribution in [0.1, 0.15) is 5.56 Å². The molecule has 0 fully saturated rings. The SMILES string of the molecule is COc1cc(/C=N/O)ccc1OCC(=O)O. The average molecular weight is 225 g/mol. The minimum absolute atomic E-state index is 0.319. The Bertz CT molecular complexity index is 402. The molecule has 0 amide bonds. The van der Waals surface area contributed by atoms with Gasteiger partial charge in [0.05, 0.1) is 13.3 Å². The number of carbonyl (C=O) groups is 1. The number of methoxy groups -OCH3 is 1. The van der Waals surface area contributed by atoms with Gasteiger partial charge in [-0.05, 0) is 18.2 Å². The highest BCUT2D eigenvalue weighted by molar-refractivity contribution is 5.80. The molecule has 86 valence electrons. The monoisotopic (exact) mass is 225 g/mol. The van der Waals surface area contributed by atoms with E-state index in [4.69, 9.17) is 19.8 Å². The van der Waals surface area contributed by atoms with Crippen LogP contribution in [-0.2, 0) is 4.79 Å². The maximum absolute atomic E-state index is 10.3. The van der Waals surface area contributed by atoms with Crippen molar-refractivity contribution in [2.75, 3.05) is 13.7 Å². The Hall–Kier alpha value is -2.24. The van der Waals surface area contributed by atoms with Crippen LogP contribution in [0.2, 0.25) is 0 Å². The Morgan fingerprint density at radius 2 is 2.25 bits per heavy atom. The van der Waals surface area contributed by atoms with Crippen molar-refractivity contribution >= 4 is 12.2 Å². The molecule has 0 aromatic heterocycles. The second-order valence-electron chi connectivity index (χ2n) is 2.84. The number of oxime groups is 1. The summed E-state index contributed by atoms with van der Waals surface area (Å²) in [6, 6.07) is 4.72. The molecular formula is C10H11NO5. The largest absolute Gasteiger partial charge is 0.493 e. The maximum Gasteiger partial charge on any atom is 0.341 e. The quantitative estimate of drug-likeness (QED) is 0.442. The lowest BCUT2D eigenvalue weighted by atomic mass is 10.2. The van der Waals surface area contributed by atoms with Gasteiger partial charge in [-0.1, -0.05) is 5.16 Å². The molecule has 1 aromatic rings. The van der Waals surface area contributed by atoms with Crippen LogP contribution >= 0.6 is 0 Å². The van der Waals surface area contributed by atoms with E-state index in [1.165, 1.54) is 13.3 Å². The average Bonchev–Trinajstić information content (AvgIpc) is 2.27. The molecule has 1 aromatic carbocycles. The van der Waals surface area contributed by atoms with Gasteiger partial charge in [0.2, 0.25) is 0 Å². The number of ether oxygens (including phenoxy) is 2. The Morgan fingerprint density at radius 3 is 2.81 bits per heavy atom. The molecule has 0 aliphatic heterocycles. The summed E-state index contributed by atoms with van der Waals surface area (Å²) in [5.41, 5.74) is 0.613. The van der Waals surface area contributed by atoms with Gasteiger partial charge in [0.15, 0.2) is 18.1 Å². The van der Waals surface area contributed by atoms with E-state index in [2.05, 4.69) is 5.16 Å². The summed E-state index contributed by atoms with van der Waals surface area (Å²) in [5.74, 6) is -0.373. The van der Waals surface area contributed by atoms with Crippen molar-refractivity contribution in [2.45, 2.75) is 0 Å². The van der Waals surface area contributed by atoms with Crippen LogP contribution in [0.15, 0.2) is 23.4 Å². The van der Waals surface area contributed by atoms with E-state index in [9.17, 15) is 4.79 Å². The molecule has 0 bridgehead atoms. The van der Waals surface area contributed by atoms with Crippen molar-refractivity contribution in [3.63, 3.8) is 0 Å². The van der Waals surface area contributed by atoms with Crippen LogP contribution < -0.4 is 9.47 Å². The number of benzene rings is 1. The van der Waals surface area contributed by atoms with Gasteiger partial charge in [0, 0.05) is 5.56 Å². The molecule has 16 heavy (non-hydrogen) atoms. The minimum Gasteiger partial charge on any atom is -0.493 e. The molecule has 0 aliphatic carbocycles. The third kappa shape index (κ3) is 3.16. The molecule has 1 rings (SSSR count). The van der Waals surface area contributed by atoms with E-state index >= 15 is 0 Å². The number of nitrogens with zero attached hydrogens (tertiary/aromatic N) is 1. The van der Waals surface area contributed by atoms with E-state index in [0.717, 1.165) is 0 Å². The normalized spacial score (nSPS) is 10.3. The van der Waals surface area contributed by atoms with Crippen molar-refractivity contribution < 1.29 is 24.6 Å². The Balaban J connectivity index is 2.88. The number of rotatable bonds is 5. The van der Waals surface area contributed by atoms with Crippen LogP contribution in [0.5, 0.6) is 11.5 Å². The molecule has 2 N–H and O–H groups in total. The van der Waals surface area contributed by atoms with E-state index in [1.807, 2.05) is 0 Å². The first-order valence-corrected chi connectivity index (χ1v) is 4.37. The van der Waals surface area contributed by atoms with Crippen LogP contribution in [0.25, 0.3) is 0 Å². The zero-order valence-electron chi connectivity index (χ0n) is 8.58. The van der Waals surface area contributed by atoms with Crippen LogP contribution in [-0.4, -0.2) is 36.2 Å². The summed E-state index contributed by atoms with van der Waals surface area (Å²) in [5, 5.41) is 19.7. The maximum atomic E-state index is 10.3. The molecule has 0 heterocycles. The van der Waals surface area contributed by atoms with Crippen molar-refractivity contribution in [3.8, 4) is 11.5 Å². The van der Waals surface area contributed by atoms with Crippen molar-refractivity contribution in [2.24, 2.45) is 5.16 Å². The van der Waals surface area contributed by atoms with Gasteiger partial charge in [-0.15, -0.1) is 0 Å². The first kappa shape index (κ1) is 11.8. The van der Waals surface area contributed by atoms with Crippen LogP contribution in [0.3, 0.4) is 0 Å². The van der Waals surface area contributed by atoms with Gasteiger partial charge in [-0.3, -0.25) is 0 Å². The highest BCUT2D eigenvalue weighted by atomic mass is 16.5. The molecule has 6 nitrogen and oxygen atoms in total. The number of hydrogen-bond acceptors (Lipinski definition) is 5. The van der Waals surface area contributed by atoms with Gasteiger partial charge in [0.1, 0.15) is 0 Å². The second-order valence-corrected chi connectivity index (χ2v) is 2.84. The Labute approximate surface area is 91.7 Å². The number of hydrogen-bond donors (Lipinski definition) is 2. The zero-order chi connectivity index (χ0) is 12.0. The number of carboxylic acid groups (broad SMARTS) is 1. The fourth-order valence-electron chi connectivity index (χ4n) is 1.09. The fraction of sp³-hybridized carbons (Fsp3) is 0.200. The first-order valence-electron chi connectivity index (χ1n) is 4.37. The van der Waals surface area contributed by atoms with E-state index in [0.29, 0.717) is 17.1 Å². The highest BCUT2D eigenvalue weighted by Crippen LogP contribution is 2.27. The fourth-order valence-corrected chi connectivity index (χ4v) is 1.09. The Kier molecular flexibility index (Phi) is 4.14. The minimum atomic E-state index is -1.07. The lowest BCUT2D eigenvalue weighted by molar-refractivity contribution is -0.139. The zero-order valence-corrected chi connectivity index (χ0v) is 8.58. The molecule has 0 radical (unpaired) electrons. The predicted molar refractivity (Wildman–Crippen MR) is 55.5 cm³/mol. The van der Waals surface area contributed by atoms with Gasteiger partial charge >= 0.3 is 5.97 Å². The molecule has 0 atom stereocenters. The summed E-state index contributed by atoms with van der Waals surface area (Å²) in [4.78, 5) is 10.3. The van der Waals surface area contributed by atoms with Crippen LogP contribution in [0, 0.1) is 0 Å². The second kappa shape index (κ2) is 5.59. The summed E-state index contributed by atoms with van der Waals surface area (Å²) in [6.07, 6.45) is 1.23. The topological polar surface area (TPSA) is 88.4 Å². The molecule has 0 aliphatic rings. The van der Waals surface area contributed by atoms with E-state index in [-0.39, 0.29) is 0 Å². The standard InChI is InChI=1S/C10H11NO5/c1-15-9-4-7(5-11-14)2-3-8(9)16-6-10(12)13/h2-5,14H,6H2,1H3,(H,12,13)/b11-5+. The van der Waals surface area contributed by atoms with Crippen molar-refractivity contribution in [3.05, 3.63) is 23.8 Å². The van der Waals surface area contributed by atoms with Crippen molar-refractivity contribution in [1.29, 1.82) is 0 Å². The van der Waals surface area contributed by atoms with Crippen LogP contribution in [0.4, 0.5) is 0 Å². The summed E-state index contributed by atoms with van der Waals surface area (Å²) >= 11 is 0. The Morgan fingerprint density at radius 1 is 1.50 bits per heavy atom. The lowest BCUT2D eigenvalue weighted by Crippen LogP contribution is -2.10. The first-order chi connectivity index (χ1) is 7.67. The highest BCUT2D eigenvalue weighted by Gasteiger charge is 2.06. The van der Waals surface area contributed by atoms with E-state index in [1.54, 1.807) is 18.2 Å². The van der Waals surface area contributed by atoms with E-state index < -0.39 is 12.6 Å². The predicted octanol–water partition coefficient (Wildman–Crippen LogP) is 0.967. The summed E-state index contributed by atoms with van der Waals surface area (Å²) in [7, 11) is 1.43. The summed E-state index contributed by atoms with van der Waals surface area (Å²) in [6.45, 7) is -0.441. The molecular weight excluding hydrogens is 214 g/mol. The van der Waals surface area contributed by atoms with Crippen molar-refractivity contribution in [1.82, 2.24) is 0 Å². The van der Waals surface area contributed by atoms with Gasteiger partial charge < -0.3 is 19.8 Å². The van der Waals surface area contributed by atoms with Gasteiger partial charge in [-0.2, -0.15) is 0 Å². The molecule has 0 saturated heterocycles. The smallest absolute Gasteiger partial charge is 0.341 e. The molecule has 0 unspecified atom stereocenters. The molecule has 6 heteroatoms. The third-order valence-corrected chi connectivity index (χ3v) is 1.75. The van der Waals surface area contributed by atoms with Gasteiger partial charge in [0.25, 0.3) is 0 Å². The third-order valence-electron chi connectivity index (χ3n) is 1.75.